The Morgan fingerprint density at radius 3 is 2.06 bits per heavy atom. The minimum atomic E-state index is -1.21. The molecule has 1 heterocycles. The van der Waals surface area contributed by atoms with E-state index in [-0.39, 0.29) is 23.7 Å². The van der Waals surface area contributed by atoms with E-state index in [0.29, 0.717) is 19.3 Å². The van der Waals surface area contributed by atoms with Gasteiger partial charge in [-0.05, 0) is 38.5 Å². The molecule has 5 heteroatoms. The highest BCUT2D eigenvalue weighted by Crippen LogP contribution is 2.46. The number of carboxylic acids is 1. The predicted molar refractivity (Wildman–Crippen MR) is 56.9 cm³/mol. The van der Waals surface area contributed by atoms with E-state index >= 15 is 0 Å². The number of carboxylic acid groups (broad SMARTS) is 1. The van der Waals surface area contributed by atoms with Crippen LogP contribution in [0, 0.1) is 11.8 Å². The van der Waals surface area contributed by atoms with Crippen LogP contribution in [0.15, 0.2) is 0 Å². The molecular weight excluding hydrogens is 222 g/mol. The van der Waals surface area contributed by atoms with Gasteiger partial charge >= 0.3 is 5.97 Å². The lowest BCUT2D eigenvalue weighted by Crippen LogP contribution is -2.66. The summed E-state index contributed by atoms with van der Waals surface area (Å²) in [5, 5.41) is 9.32. The Kier molecular flexibility index (Phi) is 2.09. The molecule has 3 rings (SSSR count). The summed E-state index contributed by atoms with van der Waals surface area (Å²) in [6.45, 7) is 0. The van der Waals surface area contributed by atoms with E-state index in [1.165, 1.54) is 0 Å². The number of rotatable bonds is 2. The first kappa shape index (κ1) is 10.7. The van der Waals surface area contributed by atoms with Crippen molar-refractivity contribution in [2.75, 3.05) is 0 Å². The van der Waals surface area contributed by atoms with Crippen LogP contribution in [0.3, 0.4) is 0 Å². The van der Waals surface area contributed by atoms with Gasteiger partial charge in [-0.25, -0.2) is 4.79 Å². The van der Waals surface area contributed by atoms with Crippen molar-refractivity contribution in [2.24, 2.45) is 11.8 Å². The minimum absolute atomic E-state index is 0.116. The summed E-state index contributed by atoms with van der Waals surface area (Å²) in [4.78, 5) is 36.8. The molecule has 2 atom stereocenters. The number of piperidine rings is 1. The van der Waals surface area contributed by atoms with E-state index in [0.717, 1.165) is 24.2 Å². The Labute approximate surface area is 98.8 Å². The predicted octanol–water partition coefficient (Wildman–Crippen LogP) is 0.779. The molecule has 2 saturated carbocycles. The summed E-state index contributed by atoms with van der Waals surface area (Å²) < 4.78 is 0. The fourth-order valence-corrected chi connectivity index (χ4v) is 3.37. The fourth-order valence-electron chi connectivity index (χ4n) is 3.37. The second-order valence-electron chi connectivity index (χ2n) is 5.41. The van der Waals surface area contributed by atoms with Crippen molar-refractivity contribution in [1.82, 2.24) is 4.90 Å². The number of aliphatic carboxylic acids is 1. The number of carbonyl (C=O) groups excluding carboxylic acids is 2. The number of fused-ring (bicyclic) bond motifs is 2. The molecule has 0 spiro atoms. The third kappa shape index (κ3) is 1.22. The number of likely N-dealkylation sites (tertiary alicyclic amines) is 1. The van der Waals surface area contributed by atoms with Gasteiger partial charge in [0.05, 0.1) is 0 Å². The number of imide groups is 1. The normalized spacial score (nSPS) is 34.7. The summed E-state index contributed by atoms with van der Waals surface area (Å²) in [5.74, 6) is -1.74. The van der Waals surface area contributed by atoms with Gasteiger partial charge in [0.1, 0.15) is 5.54 Å². The Bertz CT molecular complexity index is 391. The van der Waals surface area contributed by atoms with Gasteiger partial charge in [-0.15, -0.1) is 0 Å². The molecule has 1 N–H and O–H groups in total. The van der Waals surface area contributed by atoms with Crippen LogP contribution in [0.5, 0.6) is 0 Å². The van der Waals surface area contributed by atoms with Gasteiger partial charge in [-0.1, -0.05) is 0 Å². The smallest absolute Gasteiger partial charge is 0.330 e. The van der Waals surface area contributed by atoms with Gasteiger partial charge in [0.2, 0.25) is 11.8 Å². The zero-order valence-corrected chi connectivity index (χ0v) is 9.52. The molecule has 5 nitrogen and oxygen atoms in total. The van der Waals surface area contributed by atoms with Crippen LogP contribution in [0.2, 0.25) is 0 Å². The molecule has 0 aromatic carbocycles. The topological polar surface area (TPSA) is 74.7 Å². The van der Waals surface area contributed by atoms with E-state index in [4.69, 9.17) is 0 Å². The summed E-state index contributed by atoms with van der Waals surface area (Å²) >= 11 is 0. The third-order valence-electron chi connectivity index (χ3n) is 4.58. The maximum Gasteiger partial charge on any atom is 0.330 e. The van der Waals surface area contributed by atoms with Crippen molar-refractivity contribution in [3.63, 3.8) is 0 Å². The Morgan fingerprint density at radius 1 is 1.18 bits per heavy atom. The van der Waals surface area contributed by atoms with Crippen LogP contribution in [0.4, 0.5) is 0 Å². The molecule has 1 aliphatic heterocycles. The molecule has 0 aromatic heterocycles. The van der Waals surface area contributed by atoms with Crippen LogP contribution in [-0.2, 0) is 14.4 Å². The molecule has 0 aromatic rings. The average molecular weight is 237 g/mol. The number of amides is 2. The van der Waals surface area contributed by atoms with Crippen molar-refractivity contribution < 1.29 is 19.5 Å². The standard InChI is InChI=1S/C12H15NO4/c14-9-7-2-3-8(6-7)10(15)13(9)12(11(16)17)4-1-5-12/h7-8H,1-6H2,(H,16,17). The van der Waals surface area contributed by atoms with Crippen LogP contribution in [-0.4, -0.2) is 33.3 Å². The van der Waals surface area contributed by atoms with Crippen LogP contribution in [0.1, 0.15) is 38.5 Å². The highest BCUT2D eigenvalue weighted by Gasteiger charge is 2.59. The summed E-state index contributed by atoms with van der Waals surface area (Å²) in [6.07, 6.45) is 3.71. The van der Waals surface area contributed by atoms with Crippen molar-refractivity contribution in [2.45, 2.75) is 44.1 Å². The molecule has 2 amide bonds. The molecule has 3 fully saturated rings. The Balaban J connectivity index is 1.99. The molecule has 2 aliphatic carbocycles. The molecule has 0 radical (unpaired) electrons. The summed E-state index contributed by atoms with van der Waals surface area (Å²) in [5.41, 5.74) is -1.21. The van der Waals surface area contributed by atoms with Crippen molar-refractivity contribution >= 4 is 17.8 Å². The maximum atomic E-state index is 12.2. The largest absolute Gasteiger partial charge is 0.479 e. The van der Waals surface area contributed by atoms with Gasteiger partial charge in [0.15, 0.2) is 0 Å². The van der Waals surface area contributed by atoms with E-state index in [1.54, 1.807) is 0 Å². The van der Waals surface area contributed by atoms with E-state index < -0.39 is 11.5 Å². The van der Waals surface area contributed by atoms with Crippen LogP contribution >= 0.6 is 0 Å². The highest BCUT2D eigenvalue weighted by molar-refractivity contribution is 6.05. The third-order valence-corrected chi connectivity index (χ3v) is 4.58. The SMILES string of the molecule is O=C1C2CCC(C2)C(=O)N1C1(C(=O)O)CCC1. The lowest BCUT2D eigenvalue weighted by molar-refractivity contribution is -0.178. The average Bonchev–Trinajstić information content (AvgIpc) is 2.65. The van der Waals surface area contributed by atoms with E-state index in [1.807, 2.05) is 0 Å². The lowest BCUT2D eigenvalue weighted by atomic mass is 9.73. The van der Waals surface area contributed by atoms with Gasteiger partial charge in [0, 0.05) is 11.8 Å². The quantitative estimate of drug-likeness (QED) is 0.720. The summed E-state index contributed by atoms with van der Waals surface area (Å²) in [6, 6.07) is 0. The number of nitrogens with zero attached hydrogens (tertiary/aromatic N) is 1. The molecule has 2 bridgehead atoms. The van der Waals surface area contributed by atoms with Gasteiger partial charge in [-0.3, -0.25) is 14.5 Å². The fraction of sp³-hybridized carbons (Fsp3) is 0.750. The maximum absolute atomic E-state index is 12.2. The first-order chi connectivity index (χ1) is 8.06. The zero-order chi connectivity index (χ0) is 12.2. The second-order valence-corrected chi connectivity index (χ2v) is 5.41. The first-order valence-corrected chi connectivity index (χ1v) is 6.17. The van der Waals surface area contributed by atoms with Gasteiger partial charge in [0.25, 0.3) is 0 Å². The van der Waals surface area contributed by atoms with E-state index in [2.05, 4.69) is 0 Å². The van der Waals surface area contributed by atoms with Crippen LogP contribution < -0.4 is 0 Å². The van der Waals surface area contributed by atoms with Gasteiger partial charge < -0.3 is 5.11 Å². The molecule has 1 saturated heterocycles. The van der Waals surface area contributed by atoms with Crippen molar-refractivity contribution in [3.05, 3.63) is 0 Å². The van der Waals surface area contributed by atoms with Gasteiger partial charge in [-0.2, -0.15) is 0 Å². The van der Waals surface area contributed by atoms with E-state index in [9.17, 15) is 19.5 Å². The molecule has 2 unspecified atom stereocenters. The molecule has 17 heavy (non-hydrogen) atoms. The monoisotopic (exact) mass is 237 g/mol. The van der Waals surface area contributed by atoms with Crippen molar-refractivity contribution in [3.8, 4) is 0 Å². The summed E-state index contributed by atoms with van der Waals surface area (Å²) in [7, 11) is 0. The molecular formula is C12H15NO4. The van der Waals surface area contributed by atoms with Crippen LogP contribution in [0.25, 0.3) is 0 Å². The zero-order valence-electron chi connectivity index (χ0n) is 9.52. The second kappa shape index (κ2) is 3.31. The number of carbonyl (C=O) groups is 3. The molecule has 92 valence electrons. The Morgan fingerprint density at radius 2 is 1.71 bits per heavy atom. The van der Waals surface area contributed by atoms with Crippen molar-refractivity contribution in [1.29, 1.82) is 0 Å². The molecule has 3 aliphatic rings. The first-order valence-electron chi connectivity index (χ1n) is 6.17. The minimum Gasteiger partial charge on any atom is -0.479 e. The lowest BCUT2D eigenvalue weighted by Gasteiger charge is -2.48. The Hall–Kier alpha value is -1.39. The number of hydrogen-bond acceptors (Lipinski definition) is 3. The highest BCUT2D eigenvalue weighted by atomic mass is 16.4. The number of hydrogen-bond donors (Lipinski definition) is 1.